The van der Waals surface area contributed by atoms with Crippen LogP contribution in [0.2, 0.25) is 0 Å². The molecule has 2 rings (SSSR count). The van der Waals surface area contributed by atoms with Gasteiger partial charge in [0, 0.05) is 37.1 Å². The number of nitrogens with zero attached hydrogens (tertiary/aromatic N) is 2. The maximum absolute atomic E-state index is 12.2. The van der Waals surface area contributed by atoms with Crippen molar-refractivity contribution in [2.45, 2.75) is 19.4 Å². The molecule has 2 atom stereocenters. The quantitative estimate of drug-likeness (QED) is 0.803. The van der Waals surface area contributed by atoms with Crippen molar-refractivity contribution in [2.75, 3.05) is 13.1 Å². The van der Waals surface area contributed by atoms with Crippen LogP contribution in [-0.4, -0.2) is 34.9 Å². The maximum atomic E-state index is 12.2. The zero-order valence-electron chi connectivity index (χ0n) is 9.47. The van der Waals surface area contributed by atoms with E-state index >= 15 is 0 Å². The smallest absolute Gasteiger partial charge is 0.254 e. The Kier molecular flexibility index (Phi) is 3.19. The molecule has 1 aliphatic rings. The highest BCUT2D eigenvalue weighted by molar-refractivity contribution is 5.94. The van der Waals surface area contributed by atoms with Gasteiger partial charge in [-0.1, -0.05) is 6.92 Å². The minimum absolute atomic E-state index is 0.0715. The van der Waals surface area contributed by atoms with Crippen LogP contribution in [0.5, 0.6) is 0 Å². The Hall–Kier alpha value is -1.42. The Labute approximate surface area is 95.5 Å². The molecule has 0 aromatic carbocycles. The second-order valence-corrected chi connectivity index (χ2v) is 4.30. The second-order valence-electron chi connectivity index (χ2n) is 4.30. The van der Waals surface area contributed by atoms with E-state index in [1.807, 2.05) is 4.90 Å². The average molecular weight is 219 g/mol. The minimum atomic E-state index is 0.0715. The average Bonchev–Trinajstić information content (AvgIpc) is 2.70. The monoisotopic (exact) mass is 219 g/mol. The van der Waals surface area contributed by atoms with E-state index in [9.17, 15) is 4.79 Å². The van der Waals surface area contributed by atoms with E-state index in [0.29, 0.717) is 18.0 Å². The lowest BCUT2D eigenvalue weighted by Crippen LogP contribution is -2.42. The topological polar surface area (TPSA) is 59.2 Å². The molecule has 0 aliphatic carbocycles. The number of aromatic nitrogens is 1. The van der Waals surface area contributed by atoms with Crippen molar-refractivity contribution in [3.63, 3.8) is 0 Å². The van der Waals surface area contributed by atoms with Gasteiger partial charge < -0.3 is 10.6 Å². The summed E-state index contributed by atoms with van der Waals surface area (Å²) in [5.41, 5.74) is 6.42. The van der Waals surface area contributed by atoms with Crippen LogP contribution >= 0.6 is 0 Å². The fraction of sp³-hybridized carbons (Fsp3) is 0.500. The predicted octanol–water partition coefficient (Wildman–Crippen LogP) is 0.891. The lowest BCUT2D eigenvalue weighted by molar-refractivity contribution is 0.0727. The van der Waals surface area contributed by atoms with Crippen LogP contribution in [0.25, 0.3) is 0 Å². The van der Waals surface area contributed by atoms with Crippen LogP contribution in [-0.2, 0) is 0 Å². The number of rotatable bonds is 2. The summed E-state index contributed by atoms with van der Waals surface area (Å²) >= 11 is 0. The Morgan fingerprint density at radius 1 is 1.56 bits per heavy atom. The van der Waals surface area contributed by atoms with Gasteiger partial charge in [-0.3, -0.25) is 9.78 Å². The van der Waals surface area contributed by atoms with Crippen molar-refractivity contribution in [2.24, 2.45) is 11.7 Å². The van der Waals surface area contributed by atoms with Gasteiger partial charge in [0.05, 0.1) is 0 Å². The van der Waals surface area contributed by atoms with E-state index in [2.05, 4.69) is 11.9 Å². The van der Waals surface area contributed by atoms with Gasteiger partial charge in [-0.2, -0.15) is 0 Å². The highest BCUT2D eigenvalue weighted by atomic mass is 16.2. The van der Waals surface area contributed by atoms with Crippen LogP contribution < -0.4 is 5.73 Å². The predicted molar refractivity (Wildman–Crippen MR) is 61.9 cm³/mol. The molecule has 1 fully saturated rings. The molecule has 2 heterocycles. The van der Waals surface area contributed by atoms with E-state index in [1.165, 1.54) is 0 Å². The standard InChI is InChI=1S/C12H17N3O/c1-9-4-7-15(11(9)8-13)12(16)10-2-5-14-6-3-10/h2-3,5-6,9,11H,4,7-8,13H2,1H3. The van der Waals surface area contributed by atoms with E-state index in [1.54, 1.807) is 24.5 Å². The van der Waals surface area contributed by atoms with Crippen molar-refractivity contribution in [3.8, 4) is 0 Å². The molecule has 1 aromatic rings. The summed E-state index contributed by atoms with van der Waals surface area (Å²) in [5.74, 6) is 0.568. The van der Waals surface area contributed by atoms with Gasteiger partial charge in [0.15, 0.2) is 0 Å². The molecule has 1 aromatic heterocycles. The molecule has 4 nitrogen and oxygen atoms in total. The SMILES string of the molecule is CC1CCN(C(=O)c2ccncc2)C1CN. The molecular weight excluding hydrogens is 202 g/mol. The summed E-state index contributed by atoms with van der Waals surface area (Å²) in [4.78, 5) is 18.0. The lowest BCUT2D eigenvalue weighted by atomic mass is 10.0. The summed E-state index contributed by atoms with van der Waals surface area (Å²) in [6.45, 7) is 3.50. The van der Waals surface area contributed by atoms with Gasteiger partial charge in [-0.15, -0.1) is 0 Å². The number of amides is 1. The van der Waals surface area contributed by atoms with Crippen molar-refractivity contribution < 1.29 is 4.79 Å². The Bertz CT molecular complexity index is 366. The van der Waals surface area contributed by atoms with E-state index < -0.39 is 0 Å². The third-order valence-corrected chi connectivity index (χ3v) is 3.31. The molecule has 0 radical (unpaired) electrons. The Morgan fingerprint density at radius 3 is 2.88 bits per heavy atom. The molecule has 1 amide bonds. The van der Waals surface area contributed by atoms with Crippen LogP contribution in [0.4, 0.5) is 0 Å². The van der Waals surface area contributed by atoms with Gasteiger partial charge in [-0.05, 0) is 24.5 Å². The van der Waals surface area contributed by atoms with Crippen molar-refractivity contribution in [1.82, 2.24) is 9.88 Å². The first-order chi connectivity index (χ1) is 7.74. The summed E-state index contributed by atoms with van der Waals surface area (Å²) < 4.78 is 0. The van der Waals surface area contributed by atoms with Gasteiger partial charge in [0.25, 0.3) is 5.91 Å². The van der Waals surface area contributed by atoms with Crippen molar-refractivity contribution in [3.05, 3.63) is 30.1 Å². The fourth-order valence-corrected chi connectivity index (χ4v) is 2.28. The van der Waals surface area contributed by atoms with E-state index in [0.717, 1.165) is 13.0 Å². The zero-order chi connectivity index (χ0) is 11.5. The summed E-state index contributed by atoms with van der Waals surface area (Å²) in [6, 6.07) is 3.68. The number of likely N-dealkylation sites (tertiary alicyclic amines) is 1. The van der Waals surface area contributed by atoms with Crippen LogP contribution in [0.3, 0.4) is 0 Å². The Morgan fingerprint density at radius 2 is 2.25 bits per heavy atom. The molecule has 0 bridgehead atoms. The molecule has 1 aliphatic heterocycles. The molecular formula is C12H17N3O. The third kappa shape index (κ3) is 1.93. The van der Waals surface area contributed by atoms with E-state index in [4.69, 9.17) is 5.73 Å². The first-order valence-corrected chi connectivity index (χ1v) is 5.65. The van der Waals surface area contributed by atoms with Crippen LogP contribution in [0.1, 0.15) is 23.7 Å². The first kappa shape index (κ1) is 11.1. The largest absolute Gasteiger partial charge is 0.334 e. The highest BCUT2D eigenvalue weighted by Gasteiger charge is 2.33. The number of nitrogens with two attached hydrogens (primary N) is 1. The van der Waals surface area contributed by atoms with Crippen molar-refractivity contribution in [1.29, 1.82) is 0 Å². The molecule has 16 heavy (non-hydrogen) atoms. The highest BCUT2D eigenvalue weighted by Crippen LogP contribution is 2.24. The summed E-state index contributed by atoms with van der Waals surface area (Å²) in [5, 5.41) is 0. The lowest BCUT2D eigenvalue weighted by Gasteiger charge is -2.25. The fourth-order valence-electron chi connectivity index (χ4n) is 2.28. The molecule has 1 saturated heterocycles. The number of hydrogen-bond donors (Lipinski definition) is 1. The summed E-state index contributed by atoms with van der Waals surface area (Å²) in [6.07, 6.45) is 4.33. The normalized spacial score (nSPS) is 24.8. The van der Waals surface area contributed by atoms with Gasteiger partial charge in [0.2, 0.25) is 0 Å². The van der Waals surface area contributed by atoms with Gasteiger partial charge >= 0.3 is 0 Å². The van der Waals surface area contributed by atoms with Gasteiger partial charge in [-0.25, -0.2) is 0 Å². The number of pyridine rings is 1. The minimum Gasteiger partial charge on any atom is -0.334 e. The molecule has 2 unspecified atom stereocenters. The summed E-state index contributed by atoms with van der Waals surface area (Å²) in [7, 11) is 0. The molecule has 2 N–H and O–H groups in total. The van der Waals surface area contributed by atoms with E-state index in [-0.39, 0.29) is 11.9 Å². The zero-order valence-corrected chi connectivity index (χ0v) is 9.47. The van der Waals surface area contributed by atoms with Crippen molar-refractivity contribution >= 4 is 5.91 Å². The first-order valence-electron chi connectivity index (χ1n) is 5.65. The third-order valence-electron chi connectivity index (χ3n) is 3.31. The molecule has 4 heteroatoms. The molecule has 0 spiro atoms. The molecule has 86 valence electrons. The van der Waals surface area contributed by atoms with Gasteiger partial charge in [0.1, 0.15) is 0 Å². The maximum Gasteiger partial charge on any atom is 0.254 e. The number of carbonyl (C=O) groups excluding carboxylic acids is 1. The van der Waals surface area contributed by atoms with Crippen LogP contribution in [0, 0.1) is 5.92 Å². The Balaban J connectivity index is 2.17. The molecule has 0 saturated carbocycles. The second kappa shape index (κ2) is 4.61. The number of carbonyl (C=O) groups is 1. The van der Waals surface area contributed by atoms with Crippen LogP contribution in [0.15, 0.2) is 24.5 Å². The number of hydrogen-bond acceptors (Lipinski definition) is 3.